The van der Waals surface area contributed by atoms with Crippen molar-refractivity contribution < 1.29 is 4.79 Å². The molecule has 1 spiro atoms. The van der Waals surface area contributed by atoms with Crippen LogP contribution in [-0.4, -0.2) is 46.4 Å². The molecule has 2 heterocycles. The average Bonchev–Trinajstić information content (AvgIpc) is 3.14. The molecule has 1 aromatic rings. The summed E-state index contributed by atoms with van der Waals surface area (Å²) in [5.74, 6) is 0.755. The van der Waals surface area contributed by atoms with Crippen LogP contribution in [0.4, 0.5) is 5.82 Å². The van der Waals surface area contributed by atoms with Gasteiger partial charge in [0, 0.05) is 19.3 Å². The summed E-state index contributed by atoms with van der Waals surface area (Å²) in [4.78, 5) is 20.8. The topological polar surface area (TPSA) is 36.4 Å². The lowest BCUT2D eigenvalue weighted by Gasteiger charge is -2.46. The van der Waals surface area contributed by atoms with Crippen LogP contribution in [0, 0.1) is 6.92 Å². The van der Waals surface area contributed by atoms with Gasteiger partial charge in [-0.25, -0.2) is 4.98 Å². The third-order valence-electron chi connectivity index (χ3n) is 4.00. The summed E-state index contributed by atoms with van der Waals surface area (Å²) >= 11 is 8.61. The second-order valence-corrected chi connectivity index (χ2v) is 7.24. The van der Waals surface area contributed by atoms with Crippen LogP contribution in [0.15, 0.2) is 18.3 Å². The molecule has 0 aromatic carbocycles. The van der Waals surface area contributed by atoms with Crippen LogP contribution in [0.2, 0.25) is 0 Å². The number of hydrogen-bond donors (Lipinski definition) is 2. The molecule has 2 radical (unpaired) electrons. The number of thiol groups is 2. The van der Waals surface area contributed by atoms with Gasteiger partial charge in [-0.1, -0.05) is 6.07 Å². The number of pyridine rings is 1. The van der Waals surface area contributed by atoms with Gasteiger partial charge in [0.15, 0.2) is 0 Å². The Kier molecular flexibility index (Phi) is 3.34. The van der Waals surface area contributed by atoms with Gasteiger partial charge in [-0.2, -0.15) is 25.3 Å². The van der Waals surface area contributed by atoms with E-state index in [4.69, 9.17) is 7.85 Å². The smallest absolute Gasteiger partial charge is 0.248 e. The number of carbonyl (C=O) groups excluding carboxylic acids is 1. The number of rotatable bonds is 2. The number of nitrogens with zero attached hydrogens (tertiary/aromatic N) is 3. The molecule has 2 aliphatic rings. The van der Waals surface area contributed by atoms with Gasteiger partial charge in [0.25, 0.3) is 0 Å². The fourth-order valence-electron chi connectivity index (χ4n) is 2.80. The molecule has 1 amide bonds. The largest absolute Gasteiger partial charge is 0.294 e. The van der Waals surface area contributed by atoms with Gasteiger partial charge in [0.2, 0.25) is 5.91 Å². The normalized spacial score (nSPS) is 22.4. The molecule has 0 N–H and O–H groups in total. The summed E-state index contributed by atoms with van der Waals surface area (Å²) in [6, 6.07) is 3.85. The van der Waals surface area contributed by atoms with Gasteiger partial charge in [0.05, 0.1) is 4.10 Å². The van der Waals surface area contributed by atoms with Crippen molar-refractivity contribution in [3.8, 4) is 0 Å². The lowest BCUT2D eigenvalue weighted by Crippen LogP contribution is -2.64. The number of aryl methyl sites for hydroxylation is 1. The van der Waals surface area contributed by atoms with Crippen LogP contribution in [0.3, 0.4) is 0 Å². The van der Waals surface area contributed by atoms with Crippen LogP contribution >= 0.6 is 25.3 Å². The molecule has 1 aliphatic heterocycles. The van der Waals surface area contributed by atoms with Gasteiger partial charge in [-0.3, -0.25) is 14.6 Å². The van der Waals surface area contributed by atoms with Crippen LogP contribution in [-0.2, 0) is 4.79 Å². The average molecular weight is 305 g/mol. The van der Waals surface area contributed by atoms with Crippen molar-refractivity contribution in [1.29, 1.82) is 0 Å². The minimum atomic E-state index is -1.07. The molecular weight excluding hydrogens is 289 g/mol. The van der Waals surface area contributed by atoms with Gasteiger partial charge >= 0.3 is 0 Å². The number of amides is 1. The van der Waals surface area contributed by atoms with E-state index in [1.165, 1.54) is 0 Å². The summed E-state index contributed by atoms with van der Waals surface area (Å²) in [5, 5.41) is 0. The van der Waals surface area contributed by atoms with E-state index < -0.39 is 9.64 Å². The Balaban J connectivity index is 1.88. The Bertz CT molecular complexity index is 540. The highest BCUT2D eigenvalue weighted by Crippen LogP contribution is 2.49. The monoisotopic (exact) mass is 305 g/mol. The number of aromatic nitrogens is 1. The quantitative estimate of drug-likeness (QED) is 0.490. The van der Waals surface area contributed by atoms with Crippen LogP contribution < -0.4 is 4.90 Å². The van der Waals surface area contributed by atoms with Crippen molar-refractivity contribution in [2.24, 2.45) is 0 Å². The molecule has 1 saturated heterocycles. The standard InChI is InChI=1S/C13H16BN3OS2/c1-9-2-3-10(15-8-9)16-6-7-17(13(14,19)20)12(4-5-12)11(16)18/h2-3,8,19-20H,4-7H2,1H3. The van der Waals surface area contributed by atoms with E-state index in [0.29, 0.717) is 18.9 Å². The molecular formula is C13H16BN3OS2. The Morgan fingerprint density at radius 1 is 1.35 bits per heavy atom. The first-order valence-corrected chi connectivity index (χ1v) is 7.50. The second kappa shape index (κ2) is 4.68. The fourth-order valence-corrected chi connectivity index (χ4v) is 3.39. The van der Waals surface area contributed by atoms with Crippen LogP contribution in [0.1, 0.15) is 18.4 Å². The Labute approximate surface area is 131 Å². The number of hydrogen-bond acceptors (Lipinski definition) is 5. The van der Waals surface area contributed by atoms with Gasteiger partial charge in [0.1, 0.15) is 19.2 Å². The first-order chi connectivity index (χ1) is 9.34. The van der Waals surface area contributed by atoms with E-state index in [0.717, 1.165) is 18.4 Å². The van der Waals surface area contributed by atoms with Crippen molar-refractivity contribution >= 4 is 44.8 Å². The number of anilines is 1. The summed E-state index contributed by atoms with van der Waals surface area (Å²) in [6.07, 6.45) is 3.38. The molecule has 1 aliphatic carbocycles. The maximum atomic E-state index is 12.8. The van der Waals surface area contributed by atoms with Crippen LogP contribution in [0.25, 0.3) is 0 Å². The Hall–Kier alpha value is -0.655. The molecule has 2 fully saturated rings. The minimum absolute atomic E-state index is 0.0537. The highest BCUT2D eigenvalue weighted by atomic mass is 32.2. The molecule has 1 aromatic heterocycles. The van der Waals surface area contributed by atoms with Crippen molar-refractivity contribution in [3.63, 3.8) is 0 Å². The van der Waals surface area contributed by atoms with Crippen molar-refractivity contribution in [2.75, 3.05) is 18.0 Å². The predicted molar refractivity (Wildman–Crippen MR) is 86.5 cm³/mol. The lowest BCUT2D eigenvalue weighted by molar-refractivity contribution is -0.127. The zero-order chi connectivity index (χ0) is 14.5. The molecule has 0 unspecified atom stereocenters. The highest BCUT2D eigenvalue weighted by Gasteiger charge is 2.61. The Morgan fingerprint density at radius 2 is 2.05 bits per heavy atom. The third-order valence-corrected chi connectivity index (χ3v) is 4.48. The van der Waals surface area contributed by atoms with Crippen molar-refractivity contribution in [3.05, 3.63) is 23.9 Å². The lowest BCUT2D eigenvalue weighted by atomic mass is 10.0. The molecule has 3 rings (SSSR count). The second-order valence-electron chi connectivity index (χ2n) is 5.52. The van der Waals surface area contributed by atoms with E-state index in [2.05, 4.69) is 30.2 Å². The fraction of sp³-hybridized carbons (Fsp3) is 0.538. The van der Waals surface area contributed by atoms with E-state index in [-0.39, 0.29) is 5.91 Å². The summed E-state index contributed by atoms with van der Waals surface area (Å²) in [6.45, 7) is 3.17. The molecule has 4 nitrogen and oxygen atoms in total. The zero-order valence-electron chi connectivity index (χ0n) is 11.3. The van der Waals surface area contributed by atoms with Crippen molar-refractivity contribution in [1.82, 2.24) is 9.88 Å². The predicted octanol–water partition coefficient (Wildman–Crippen LogP) is 1.21. The SMILES string of the molecule is [B]C(S)(S)N1CCN(c2ccc(C)cn2)C(=O)C12CC2. The molecule has 104 valence electrons. The van der Waals surface area contributed by atoms with Gasteiger partial charge in [-0.15, -0.1) is 0 Å². The van der Waals surface area contributed by atoms with Gasteiger partial charge in [-0.05, 0) is 31.4 Å². The van der Waals surface area contributed by atoms with E-state index in [1.54, 1.807) is 11.1 Å². The van der Waals surface area contributed by atoms with Crippen LogP contribution in [0.5, 0.6) is 0 Å². The maximum Gasteiger partial charge on any atom is 0.248 e. The van der Waals surface area contributed by atoms with E-state index in [1.807, 2.05) is 24.0 Å². The molecule has 0 bridgehead atoms. The molecule has 1 saturated carbocycles. The Morgan fingerprint density at radius 3 is 2.55 bits per heavy atom. The molecule has 0 atom stereocenters. The summed E-state index contributed by atoms with van der Waals surface area (Å²) in [7, 11) is 5.96. The highest BCUT2D eigenvalue weighted by molar-refractivity contribution is 8.02. The number of carbonyl (C=O) groups is 1. The maximum absolute atomic E-state index is 12.8. The first kappa shape index (κ1) is 14.3. The summed E-state index contributed by atoms with van der Waals surface area (Å²) < 4.78 is -1.07. The van der Waals surface area contributed by atoms with E-state index >= 15 is 0 Å². The van der Waals surface area contributed by atoms with E-state index in [9.17, 15) is 4.79 Å². The minimum Gasteiger partial charge on any atom is -0.294 e. The third kappa shape index (κ3) is 2.25. The number of piperazine rings is 1. The first-order valence-electron chi connectivity index (χ1n) is 6.61. The zero-order valence-corrected chi connectivity index (χ0v) is 13.1. The summed E-state index contributed by atoms with van der Waals surface area (Å²) in [5.41, 5.74) is 0.538. The van der Waals surface area contributed by atoms with Gasteiger partial charge < -0.3 is 0 Å². The molecule has 20 heavy (non-hydrogen) atoms. The van der Waals surface area contributed by atoms with Crippen molar-refractivity contribution in [2.45, 2.75) is 29.4 Å². The molecule has 7 heteroatoms.